The van der Waals surface area contributed by atoms with E-state index in [4.69, 9.17) is 5.73 Å². The monoisotopic (exact) mass is 441 g/mol. The summed E-state index contributed by atoms with van der Waals surface area (Å²) in [6.45, 7) is 0.687. The summed E-state index contributed by atoms with van der Waals surface area (Å²) in [4.78, 5) is 21.6. The van der Waals surface area contributed by atoms with E-state index in [1.165, 1.54) is 6.20 Å². The number of carbonyl (C=O) groups excluding carboxylic acids is 1. The van der Waals surface area contributed by atoms with Crippen LogP contribution in [0.3, 0.4) is 0 Å². The SMILES string of the molecule is Nc1ncc(-c2cn(C34CC(N5CCC(F)(F)CC5)(C3)C4)c(C=O)n2)cc1C(F)(F)F. The summed E-state index contributed by atoms with van der Waals surface area (Å²) in [6, 6.07) is 0.876. The number of piperidine rings is 1. The number of aldehydes is 1. The lowest BCUT2D eigenvalue weighted by molar-refractivity contribution is -0.223. The van der Waals surface area contributed by atoms with Crippen LogP contribution in [0.15, 0.2) is 18.5 Å². The van der Waals surface area contributed by atoms with Crippen molar-refractivity contribution in [1.29, 1.82) is 0 Å². The van der Waals surface area contributed by atoms with Crippen LogP contribution < -0.4 is 5.73 Å². The highest BCUT2D eigenvalue weighted by Crippen LogP contribution is 2.68. The molecular weight excluding hydrogens is 421 g/mol. The molecule has 31 heavy (non-hydrogen) atoms. The molecule has 2 N–H and O–H groups in total. The molecule has 2 bridgehead atoms. The van der Waals surface area contributed by atoms with Crippen molar-refractivity contribution in [3.05, 3.63) is 29.8 Å². The van der Waals surface area contributed by atoms with Gasteiger partial charge < -0.3 is 10.3 Å². The summed E-state index contributed by atoms with van der Waals surface area (Å²) in [5, 5.41) is 0. The van der Waals surface area contributed by atoms with Gasteiger partial charge in [-0.3, -0.25) is 9.69 Å². The Morgan fingerprint density at radius 2 is 1.74 bits per heavy atom. The van der Waals surface area contributed by atoms with E-state index in [1.807, 2.05) is 0 Å². The number of pyridine rings is 1. The Labute approximate surface area is 174 Å². The van der Waals surface area contributed by atoms with Crippen LogP contribution in [0.25, 0.3) is 11.3 Å². The molecule has 0 aromatic carbocycles. The summed E-state index contributed by atoms with van der Waals surface area (Å²) in [7, 11) is 0. The molecule has 6 rings (SSSR count). The molecule has 2 aromatic heterocycles. The zero-order chi connectivity index (χ0) is 22.2. The van der Waals surface area contributed by atoms with Crippen LogP contribution in [0.4, 0.5) is 27.8 Å². The van der Waals surface area contributed by atoms with Crippen LogP contribution >= 0.6 is 0 Å². The maximum Gasteiger partial charge on any atom is 0.419 e. The number of imidazole rings is 1. The smallest absolute Gasteiger partial charge is 0.383 e. The van der Waals surface area contributed by atoms with Gasteiger partial charge in [-0.15, -0.1) is 0 Å². The third kappa shape index (κ3) is 3.04. The van der Waals surface area contributed by atoms with Crippen molar-refractivity contribution in [3.8, 4) is 11.3 Å². The Morgan fingerprint density at radius 1 is 1.10 bits per heavy atom. The molecule has 4 aliphatic rings. The number of alkyl halides is 5. The number of carbonyl (C=O) groups is 1. The molecule has 0 atom stereocenters. The minimum Gasteiger partial charge on any atom is -0.383 e. The Hall–Kier alpha value is -2.56. The highest BCUT2D eigenvalue weighted by molar-refractivity contribution is 5.73. The zero-order valence-electron chi connectivity index (χ0n) is 16.4. The fourth-order valence-corrected chi connectivity index (χ4v) is 5.42. The van der Waals surface area contributed by atoms with E-state index in [2.05, 4.69) is 14.9 Å². The molecule has 0 unspecified atom stereocenters. The van der Waals surface area contributed by atoms with Crippen molar-refractivity contribution in [2.75, 3.05) is 18.8 Å². The lowest BCUT2D eigenvalue weighted by Gasteiger charge is -2.74. The van der Waals surface area contributed by atoms with Crippen LogP contribution in [-0.2, 0) is 11.7 Å². The summed E-state index contributed by atoms with van der Waals surface area (Å²) in [5.41, 5.74) is 4.14. The number of nitrogens with zero attached hydrogens (tertiary/aromatic N) is 4. The van der Waals surface area contributed by atoms with E-state index in [0.29, 0.717) is 38.6 Å². The van der Waals surface area contributed by atoms with Crippen LogP contribution in [0.5, 0.6) is 0 Å². The number of rotatable bonds is 4. The molecule has 6 nitrogen and oxygen atoms in total. The predicted molar refractivity (Wildman–Crippen MR) is 101 cm³/mol. The number of aromatic nitrogens is 3. The maximum atomic E-state index is 13.5. The Kier molecular flexibility index (Phi) is 4.10. The van der Waals surface area contributed by atoms with Gasteiger partial charge in [-0.25, -0.2) is 18.7 Å². The fraction of sp³-hybridized carbons (Fsp3) is 0.550. The van der Waals surface area contributed by atoms with E-state index in [1.54, 1.807) is 10.8 Å². The molecule has 4 fully saturated rings. The Balaban J connectivity index is 1.39. The molecular formula is C20H20F5N5O. The van der Waals surface area contributed by atoms with Crippen molar-refractivity contribution in [2.45, 2.75) is 55.3 Å². The van der Waals surface area contributed by atoms with E-state index >= 15 is 0 Å². The van der Waals surface area contributed by atoms with Gasteiger partial charge in [0.1, 0.15) is 5.82 Å². The first-order valence-electron chi connectivity index (χ1n) is 9.98. The number of anilines is 1. The van der Waals surface area contributed by atoms with Gasteiger partial charge in [-0.05, 0) is 25.3 Å². The standard InChI is InChI=1S/C20H20F5N5O/c21-19(22)1-3-29(4-2-19)17-9-18(10-17,11-17)30-7-14(28-15(30)8-31)12-5-13(20(23,24)25)16(26)27-6-12/h5-8H,1-4,9-11H2,(H2,26,27). The van der Waals surface area contributed by atoms with Gasteiger partial charge in [0.25, 0.3) is 5.92 Å². The predicted octanol–water partition coefficient (Wildman–Crippen LogP) is 3.72. The zero-order valence-corrected chi connectivity index (χ0v) is 16.4. The molecule has 166 valence electrons. The largest absolute Gasteiger partial charge is 0.419 e. The van der Waals surface area contributed by atoms with Crippen LogP contribution in [0.1, 0.15) is 48.3 Å². The number of nitrogens with two attached hydrogens (primary N) is 1. The van der Waals surface area contributed by atoms with Crippen LogP contribution in [0, 0.1) is 0 Å². The first kappa shape index (κ1) is 20.3. The van der Waals surface area contributed by atoms with Gasteiger partial charge >= 0.3 is 6.18 Å². The van der Waals surface area contributed by atoms with E-state index in [9.17, 15) is 26.7 Å². The van der Waals surface area contributed by atoms with Crippen LogP contribution in [-0.4, -0.2) is 50.3 Å². The van der Waals surface area contributed by atoms with Gasteiger partial charge in [0.05, 0.1) is 16.8 Å². The van der Waals surface area contributed by atoms with Crippen molar-refractivity contribution in [1.82, 2.24) is 19.4 Å². The maximum absolute atomic E-state index is 13.5. The molecule has 1 aliphatic heterocycles. The molecule has 0 spiro atoms. The van der Waals surface area contributed by atoms with E-state index in [-0.39, 0.29) is 41.0 Å². The number of likely N-dealkylation sites (tertiary alicyclic amines) is 1. The van der Waals surface area contributed by atoms with Crippen molar-refractivity contribution < 1.29 is 26.7 Å². The van der Waals surface area contributed by atoms with Gasteiger partial charge in [-0.2, -0.15) is 13.2 Å². The number of hydrogen-bond acceptors (Lipinski definition) is 5. The number of hydrogen-bond donors (Lipinski definition) is 1. The summed E-state index contributed by atoms with van der Waals surface area (Å²) in [5.74, 6) is -3.11. The molecule has 0 radical (unpaired) electrons. The van der Waals surface area contributed by atoms with Gasteiger partial charge in [0.15, 0.2) is 12.1 Å². The summed E-state index contributed by atoms with van der Waals surface area (Å²) < 4.78 is 68.2. The summed E-state index contributed by atoms with van der Waals surface area (Å²) in [6.07, 6.45) is 0.502. The normalized spacial score (nSPS) is 29.8. The molecule has 0 amide bonds. The van der Waals surface area contributed by atoms with Gasteiger partial charge in [0, 0.05) is 49.4 Å². The lowest BCUT2D eigenvalue weighted by atomic mass is 9.43. The highest BCUT2D eigenvalue weighted by atomic mass is 19.4. The number of nitrogen functional groups attached to an aromatic ring is 1. The molecule has 1 saturated heterocycles. The van der Waals surface area contributed by atoms with Gasteiger partial charge in [-0.1, -0.05) is 0 Å². The third-order valence-electron chi connectivity index (χ3n) is 7.01. The average molecular weight is 441 g/mol. The van der Waals surface area contributed by atoms with E-state index in [0.717, 1.165) is 6.07 Å². The lowest BCUT2D eigenvalue weighted by Crippen LogP contribution is -2.79. The highest BCUT2D eigenvalue weighted by Gasteiger charge is 2.71. The summed E-state index contributed by atoms with van der Waals surface area (Å²) >= 11 is 0. The minimum absolute atomic E-state index is 0.114. The van der Waals surface area contributed by atoms with E-state index < -0.39 is 23.5 Å². The second kappa shape index (κ2) is 6.24. The quantitative estimate of drug-likeness (QED) is 0.578. The topological polar surface area (TPSA) is 77.0 Å². The molecule has 11 heteroatoms. The third-order valence-corrected chi connectivity index (χ3v) is 7.01. The second-order valence-corrected chi connectivity index (χ2v) is 8.95. The molecule has 3 saturated carbocycles. The second-order valence-electron chi connectivity index (χ2n) is 8.95. The number of halogens is 5. The first-order chi connectivity index (χ1) is 14.5. The average Bonchev–Trinajstić information content (AvgIpc) is 3.04. The molecule has 2 aromatic rings. The van der Waals surface area contributed by atoms with Crippen molar-refractivity contribution in [2.24, 2.45) is 0 Å². The Morgan fingerprint density at radius 3 is 2.32 bits per heavy atom. The fourth-order valence-electron chi connectivity index (χ4n) is 5.42. The first-order valence-corrected chi connectivity index (χ1v) is 9.98. The van der Waals surface area contributed by atoms with Crippen LogP contribution in [0.2, 0.25) is 0 Å². The van der Waals surface area contributed by atoms with Crippen molar-refractivity contribution in [3.63, 3.8) is 0 Å². The van der Waals surface area contributed by atoms with Crippen molar-refractivity contribution >= 4 is 12.1 Å². The molecule has 3 heterocycles. The Bertz CT molecular complexity index is 1030. The van der Waals surface area contributed by atoms with Gasteiger partial charge in [0.2, 0.25) is 0 Å². The minimum atomic E-state index is -4.66. The molecule has 3 aliphatic carbocycles.